The molecule has 238 valence electrons. The number of hydrogen-bond acceptors (Lipinski definition) is 10. The minimum Gasteiger partial charge on any atom is -0.508 e. The monoisotopic (exact) mass is 620 g/mol. The van der Waals surface area contributed by atoms with E-state index >= 15 is 0 Å². The molecule has 0 spiro atoms. The van der Waals surface area contributed by atoms with Gasteiger partial charge in [0.25, 0.3) is 5.91 Å². The van der Waals surface area contributed by atoms with Gasteiger partial charge in [-0.1, -0.05) is 17.3 Å². The molecule has 2 atom stereocenters. The van der Waals surface area contributed by atoms with E-state index in [0.717, 1.165) is 31.5 Å². The zero-order valence-electron chi connectivity index (χ0n) is 25.0. The Labute approximate surface area is 259 Å². The molecule has 4 aromatic rings. The first-order chi connectivity index (χ1) is 21.8. The molecule has 1 aliphatic heterocycles. The van der Waals surface area contributed by atoms with Gasteiger partial charge in [0.15, 0.2) is 5.76 Å². The van der Waals surface area contributed by atoms with Crippen molar-refractivity contribution in [3.05, 3.63) is 83.9 Å². The minimum atomic E-state index is -0.661. The predicted octanol–water partition coefficient (Wildman–Crippen LogP) is 3.54. The molecule has 2 aromatic heterocycles. The van der Waals surface area contributed by atoms with E-state index in [1.54, 1.807) is 60.4 Å². The van der Waals surface area contributed by atoms with Crippen LogP contribution in [0.25, 0.3) is 11.4 Å². The first-order valence-corrected chi connectivity index (χ1v) is 14.9. The third-order valence-corrected chi connectivity index (χ3v) is 7.58. The van der Waals surface area contributed by atoms with E-state index in [4.69, 9.17) is 19.4 Å². The number of carbonyl (C=O) groups is 2. The predicted molar refractivity (Wildman–Crippen MR) is 162 cm³/mol. The second-order valence-electron chi connectivity index (χ2n) is 11.0. The van der Waals surface area contributed by atoms with Gasteiger partial charge in [-0.25, -0.2) is 4.39 Å². The number of carbonyl (C=O) groups excluding carboxylic acids is 2. The van der Waals surface area contributed by atoms with Gasteiger partial charge in [0, 0.05) is 32.2 Å². The highest BCUT2D eigenvalue weighted by molar-refractivity contribution is 5.95. The lowest BCUT2D eigenvalue weighted by molar-refractivity contribution is -0.132. The van der Waals surface area contributed by atoms with E-state index < -0.39 is 23.8 Å². The van der Waals surface area contributed by atoms with Crippen molar-refractivity contribution in [2.24, 2.45) is 5.73 Å². The number of furan rings is 1. The molecule has 0 saturated carbocycles. The van der Waals surface area contributed by atoms with Crippen LogP contribution in [0.15, 0.2) is 69.8 Å². The van der Waals surface area contributed by atoms with Crippen LogP contribution < -0.4 is 15.8 Å². The summed E-state index contributed by atoms with van der Waals surface area (Å²) in [6.45, 7) is 5.56. The Hall–Kier alpha value is -4.75. The molecule has 12 nitrogen and oxygen atoms in total. The summed E-state index contributed by atoms with van der Waals surface area (Å²) in [6.07, 6.45) is 3.37. The van der Waals surface area contributed by atoms with Crippen molar-refractivity contribution in [1.82, 2.24) is 25.3 Å². The second kappa shape index (κ2) is 14.8. The van der Waals surface area contributed by atoms with Crippen LogP contribution >= 0.6 is 0 Å². The van der Waals surface area contributed by atoms with Crippen molar-refractivity contribution in [2.45, 2.75) is 38.3 Å². The third-order valence-electron chi connectivity index (χ3n) is 7.58. The van der Waals surface area contributed by atoms with Gasteiger partial charge in [0.1, 0.15) is 23.4 Å². The standard InChI is InChI=1S/C32H37FN6O6/c1-21(35-30(41)28-5-2-17-44-28)32(42)39-14-3-12-38(15-16-39)13-4-18-43-24-10-11-25(26(33)20-24)29-36-31(45-37-29)27(34)19-22-6-8-23(40)9-7-22/h2,5-11,17,20-21,27,40H,3-4,12-16,18-19,34H2,1H3,(H,35,41)/t21-,27-/m0/s1. The van der Waals surface area contributed by atoms with E-state index in [1.165, 1.54) is 12.3 Å². The van der Waals surface area contributed by atoms with Crippen LogP contribution in [-0.2, 0) is 11.2 Å². The summed E-state index contributed by atoms with van der Waals surface area (Å²) in [5.41, 5.74) is 7.26. The SMILES string of the molecule is C[C@H](NC(=O)c1ccco1)C(=O)N1CCCN(CCCOc2ccc(-c3noc([C@@H](N)Cc4ccc(O)cc4)n3)c(F)c2)CC1. The number of hydrogen-bond donors (Lipinski definition) is 3. The van der Waals surface area contributed by atoms with Gasteiger partial charge in [0.05, 0.1) is 24.5 Å². The van der Waals surface area contributed by atoms with Gasteiger partial charge in [0.2, 0.25) is 17.6 Å². The Morgan fingerprint density at radius 3 is 2.71 bits per heavy atom. The highest BCUT2D eigenvalue weighted by Crippen LogP contribution is 2.26. The molecule has 5 rings (SSSR count). The van der Waals surface area contributed by atoms with Gasteiger partial charge >= 0.3 is 0 Å². The van der Waals surface area contributed by atoms with E-state index in [-0.39, 0.29) is 34.7 Å². The van der Waals surface area contributed by atoms with Crippen molar-refractivity contribution in [3.8, 4) is 22.9 Å². The number of amides is 2. The number of halogens is 1. The van der Waals surface area contributed by atoms with Crippen LogP contribution in [0, 0.1) is 5.82 Å². The third kappa shape index (κ3) is 8.46. The Morgan fingerprint density at radius 1 is 1.13 bits per heavy atom. The smallest absolute Gasteiger partial charge is 0.287 e. The summed E-state index contributed by atoms with van der Waals surface area (Å²) in [7, 11) is 0. The van der Waals surface area contributed by atoms with Crippen molar-refractivity contribution in [1.29, 1.82) is 0 Å². The van der Waals surface area contributed by atoms with Crippen LogP contribution in [0.1, 0.15) is 47.8 Å². The van der Waals surface area contributed by atoms with Crippen LogP contribution in [0.3, 0.4) is 0 Å². The Balaban J connectivity index is 1.04. The van der Waals surface area contributed by atoms with E-state index in [9.17, 15) is 19.1 Å². The van der Waals surface area contributed by atoms with Crippen molar-refractivity contribution >= 4 is 11.8 Å². The van der Waals surface area contributed by atoms with Crippen molar-refractivity contribution in [2.75, 3.05) is 39.3 Å². The summed E-state index contributed by atoms with van der Waals surface area (Å²) in [4.78, 5) is 33.5. The highest BCUT2D eigenvalue weighted by atomic mass is 19.1. The number of phenols is 1. The topological polar surface area (TPSA) is 160 Å². The van der Waals surface area contributed by atoms with Crippen LogP contribution in [-0.4, -0.2) is 82.2 Å². The summed E-state index contributed by atoms with van der Waals surface area (Å²) in [5.74, 6) is -0.0818. The van der Waals surface area contributed by atoms with Crippen LogP contribution in [0.4, 0.5) is 4.39 Å². The van der Waals surface area contributed by atoms with Gasteiger partial charge in [-0.2, -0.15) is 4.98 Å². The lowest BCUT2D eigenvalue weighted by atomic mass is 10.1. The molecule has 0 radical (unpaired) electrons. The first-order valence-electron chi connectivity index (χ1n) is 14.9. The largest absolute Gasteiger partial charge is 0.508 e. The molecule has 2 amide bonds. The number of aromatic hydroxyl groups is 1. The molecule has 0 bridgehead atoms. The number of aromatic nitrogens is 2. The van der Waals surface area contributed by atoms with E-state index in [2.05, 4.69) is 20.4 Å². The zero-order valence-corrected chi connectivity index (χ0v) is 25.0. The zero-order chi connectivity index (χ0) is 31.8. The molecule has 4 N–H and O–H groups in total. The molecule has 45 heavy (non-hydrogen) atoms. The molecule has 2 aromatic carbocycles. The summed E-state index contributed by atoms with van der Waals surface area (Å²) >= 11 is 0. The number of phenolic OH excluding ortho intramolecular Hbond substituents is 1. The molecule has 0 unspecified atom stereocenters. The quantitative estimate of drug-likeness (QED) is 0.200. The Morgan fingerprint density at radius 2 is 1.96 bits per heavy atom. The summed E-state index contributed by atoms with van der Waals surface area (Å²) in [5, 5.41) is 16.0. The van der Waals surface area contributed by atoms with Gasteiger partial charge < -0.3 is 39.6 Å². The number of nitrogens with zero attached hydrogens (tertiary/aromatic N) is 4. The van der Waals surface area contributed by atoms with Crippen molar-refractivity contribution in [3.63, 3.8) is 0 Å². The number of rotatable bonds is 12. The maximum absolute atomic E-state index is 15.0. The molecule has 1 fully saturated rings. The molecule has 3 heterocycles. The first kappa shape index (κ1) is 31.7. The maximum Gasteiger partial charge on any atom is 0.287 e. The van der Waals surface area contributed by atoms with Gasteiger partial charge in [-0.05, 0) is 74.7 Å². The number of ether oxygens (including phenoxy) is 1. The summed E-state index contributed by atoms with van der Waals surface area (Å²) in [6, 6.07) is 13.1. The molecular weight excluding hydrogens is 583 g/mol. The fourth-order valence-corrected chi connectivity index (χ4v) is 5.14. The average Bonchev–Trinajstić information content (AvgIpc) is 3.70. The van der Waals surface area contributed by atoms with E-state index in [0.29, 0.717) is 38.4 Å². The number of nitrogens with two attached hydrogens (primary N) is 1. The normalized spacial score (nSPS) is 15.3. The van der Waals surface area contributed by atoms with Crippen LogP contribution in [0.5, 0.6) is 11.5 Å². The number of benzene rings is 2. The second-order valence-corrected chi connectivity index (χ2v) is 11.0. The lowest BCUT2D eigenvalue weighted by Gasteiger charge is -2.25. The minimum absolute atomic E-state index is 0.0955. The lowest BCUT2D eigenvalue weighted by Crippen LogP contribution is -2.48. The van der Waals surface area contributed by atoms with Gasteiger partial charge in [-0.3, -0.25) is 9.59 Å². The van der Waals surface area contributed by atoms with E-state index in [1.807, 2.05) is 0 Å². The van der Waals surface area contributed by atoms with Crippen molar-refractivity contribution < 1.29 is 32.8 Å². The highest BCUT2D eigenvalue weighted by Gasteiger charge is 2.25. The molecule has 1 aliphatic rings. The molecule has 0 aliphatic carbocycles. The fourth-order valence-electron chi connectivity index (χ4n) is 5.14. The molecule has 1 saturated heterocycles. The number of nitrogens with one attached hydrogen (secondary N) is 1. The summed E-state index contributed by atoms with van der Waals surface area (Å²) < 4.78 is 31.1. The molecule has 13 heteroatoms. The van der Waals surface area contributed by atoms with Gasteiger partial charge in [-0.15, -0.1) is 0 Å². The van der Waals surface area contributed by atoms with Crippen LogP contribution in [0.2, 0.25) is 0 Å². The Bertz CT molecular complexity index is 1560. The molecular formula is C32H37FN6O6. The Kier molecular flexibility index (Phi) is 10.4. The average molecular weight is 621 g/mol. The maximum atomic E-state index is 15.0. The fraction of sp³-hybridized carbons (Fsp3) is 0.375.